The van der Waals surface area contributed by atoms with Gasteiger partial charge in [-0.25, -0.2) is 0 Å². The molecule has 0 radical (unpaired) electrons. The maximum atomic E-state index is 11.6. The molecule has 1 saturated carbocycles. The van der Waals surface area contributed by atoms with E-state index in [1.54, 1.807) is 11.8 Å². The molecule has 1 aliphatic rings. The fourth-order valence-corrected chi connectivity index (χ4v) is 2.08. The Balaban J connectivity index is 2.30. The normalized spacial score (nSPS) is 17.6. The van der Waals surface area contributed by atoms with Gasteiger partial charge in [-0.2, -0.15) is 11.8 Å². The summed E-state index contributed by atoms with van der Waals surface area (Å²) in [6.07, 6.45) is 4.48. The van der Waals surface area contributed by atoms with Crippen LogP contribution in [0.3, 0.4) is 0 Å². The molecule has 3 nitrogen and oxygen atoms in total. The second kappa shape index (κ2) is 4.82. The zero-order valence-corrected chi connectivity index (χ0v) is 9.49. The van der Waals surface area contributed by atoms with Crippen LogP contribution in [0.2, 0.25) is 0 Å². The Hall–Kier alpha value is -0.510. The first-order chi connectivity index (χ1) is 6.64. The van der Waals surface area contributed by atoms with E-state index >= 15 is 0 Å². The summed E-state index contributed by atoms with van der Waals surface area (Å²) < 4.78 is 4.62. The predicted molar refractivity (Wildman–Crippen MR) is 56.4 cm³/mol. The van der Waals surface area contributed by atoms with Gasteiger partial charge in [-0.3, -0.25) is 9.59 Å². The minimum absolute atomic E-state index is 0.0334. The first-order valence-corrected chi connectivity index (χ1v) is 6.11. The molecule has 0 spiro atoms. The predicted octanol–water partition coefficient (Wildman–Crippen LogP) is 1.79. The molecule has 0 unspecified atom stereocenters. The summed E-state index contributed by atoms with van der Waals surface area (Å²) >= 11 is 1.55. The third kappa shape index (κ3) is 2.74. The van der Waals surface area contributed by atoms with Gasteiger partial charge in [0.25, 0.3) is 0 Å². The van der Waals surface area contributed by atoms with Gasteiger partial charge in [0.15, 0.2) is 5.78 Å². The second-order valence-electron chi connectivity index (χ2n) is 3.52. The Labute approximate surface area is 88.6 Å². The summed E-state index contributed by atoms with van der Waals surface area (Å²) in [5.74, 6) is -0.344. The Kier molecular flexibility index (Phi) is 3.98. The highest BCUT2D eigenvalue weighted by atomic mass is 32.2. The van der Waals surface area contributed by atoms with Crippen molar-refractivity contribution in [2.45, 2.75) is 37.4 Å². The number of esters is 1. The zero-order valence-electron chi connectivity index (χ0n) is 8.67. The fraction of sp³-hybridized carbons (Fsp3) is 0.800. The van der Waals surface area contributed by atoms with Gasteiger partial charge in [-0.15, -0.1) is 0 Å². The molecular formula is C10H16O3S. The molecule has 1 rings (SSSR count). The number of ether oxygens (including phenoxy) is 1. The molecule has 1 aliphatic carbocycles. The third-order valence-corrected chi connectivity index (χ3v) is 3.79. The number of hydrogen-bond donors (Lipinski definition) is 0. The maximum absolute atomic E-state index is 11.6. The molecule has 0 saturated heterocycles. The highest BCUT2D eigenvalue weighted by Crippen LogP contribution is 2.48. The van der Waals surface area contributed by atoms with Gasteiger partial charge in [-0.1, -0.05) is 6.92 Å². The quantitative estimate of drug-likeness (QED) is 0.501. The van der Waals surface area contributed by atoms with Crippen LogP contribution in [-0.2, 0) is 14.3 Å². The van der Waals surface area contributed by atoms with Crippen molar-refractivity contribution in [3.63, 3.8) is 0 Å². The summed E-state index contributed by atoms with van der Waals surface area (Å²) in [6.45, 7) is 2.34. The van der Waals surface area contributed by atoms with Crippen LogP contribution in [0.5, 0.6) is 0 Å². The molecule has 1 fully saturated rings. The number of ketones is 1. The van der Waals surface area contributed by atoms with E-state index in [9.17, 15) is 9.59 Å². The fourth-order valence-electron chi connectivity index (χ4n) is 1.27. The molecule has 0 aliphatic heterocycles. The summed E-state index contributed by atoms with van der Waals surface area (Å²) in [7, 11) is 0. The van der Waals surface area contributed by atoms with Crippen LogP contribution in [0.1, 0.15) is 32.6 Å². The molecule has 0 bridgehead atoms. The molecule has 14 heavy (non-hydrogen) atoms. The molecule has 0 aromatic carbocycles. The third-order valence-electron chi connectivity index (χ3n) is 2.38. The topological polar surface area (TPSA) is 43.4 Å². The SMILES string of the molecule is CCCOC(=O)CC(=O)C1(SC)CC1. The van der Waals surface area contributed by atoms with Gasteiger partial charge in [0.2, 0.25) is 0 Å². The van der Waals surface area contributed by atoms with Crippen LogP contribution in [0.4, 0.5) is 0 Å². The summed E-state index contributed by atoms with van der Waals surface area (Å²) in [6, 6.07) is 0. The van der Waals surface area contributed by atoms with Gasteiger partial charge in [-0.05, 0) is 25.5 Å². The summed E-state index contributed by atoms with van der Waals surface area (Å²) in [5.41, 5.74) is 0. The van der Waals surface area contributed by atoms with Crippen molar-refractivity contribution in [3.05, 3.63) is 0 Å². The van der Waals surface area contributed by atoms with E-state index < -0.39 is 0 Å². The lowest BCUT2D eigenvalue weighted by Gasteiger charge is -2.09. The van der Waals surface area contributed by atoms with Crippen LogP contribution >= 0.6 is 11.8 Å². The van der Waals surface area contributed by atoms with Crippen LogP contribution in [0.15, 0.2) is 0 Å². The van der Waals surface area contributed by atoms with Crippen molar-refractivity contribution in [3.8, 4) is 0 Å². The van der Waals surface area contributed by atoms with Crippen molar-refractivity contribution in [1.82, 2.24) is 0 Å². The standard InChI is InChI=1S/C10H16O3S/c1-3-6-13-9(12)7-8(11)10(14-2)4-5-10/h3-7H2,1-2H3. The summed E-state index contributed by atoms with van der Waals surface area (Å²) in [4.78, 5) is 22.8. The minimum Gasteiger partial charge on any atom is -0.465 e. The van der Waals surface area contributed by atoms with Crippen molar-refractivity contribution >= 4 is 23.5 Å². The highest BCUT2D eigenvalue weighted by Gasteiger charge is 2.49. The molecular weight excluding hydrogens is 200 g/mol. The van der Waals surface area contributed by atoms with E-state index in [0.717, 1.165) is 19.3 Å². The van der Waals surface area contributed by atoms with Crippen LogP contribution in [0, 0.1) is 0 Å². The van der Waals surface area contributed by atoms with Crippen LogP contribution in [0.25, 0.3) is 0 Å². The number of thioether (sulfide) groups is 1. The highest BCUT2D eigenvalue weighted by molar-refractivity contribution is 8.01. The first-order valence-electron chi connectivity index (χ1n) is 4.88. The molecule has 0 heterocycles. The van der Waals surface area contributed by atoms with Gasteiger partial charge < -0.3 is 4.74 Å². The van der Waals surface area contributed by atoms with E-state index in [1.165, 1.54) is 0 Å². The van der Waals surface area contributed by atoms with E-state index in [1.807, 2.05) is 13.2 Å². The average molecular weight is 216 g/mol. The zero-order chi connectivity index (χ0) is 10.6. The van der Waals surface area contributed by atoms with Gasteiger partial charge in [0.1, 0.15) is 6.42 Å². The lowest BCUT2D eigenvalue weighted by Crippen LogP contribution is -2.22. The molecule has 0 aromatic rings. The van der Waals surface area contributed by atoms with Gasteiger partial charge >= 0.3 is 5.97 Å². The van der Waals surface area contributed by atoms with Crippen molar-refractivity contribution in [2.75, 3.05) is 12.9 Å². The van der Waals surface area contributed by atoms with E-state index in [-0.39, 0.29) is 22.9 Å². The van der Waals surface area contributed by atoms with Crippen molar-refractivity contribution in [2.24, 2.45) is 0 Å². The van der Waals surface area contributed by atoms with Crippen LogP contribution in [-0.4, -0.2) is 29.4 Å². The first kappa shape index (κ1) is 11.6. The van der Waals surface area contributed by atoms with Crippen molar-refractivity contribution < 1.29 is 14.3 Å². The number of Topliss-reactive ketones (excluding diaryl/α,β-unsaturated/α-hetero) is 1. The van der Waals surface area contributed by atoms with Gasteiger partial charge in [0.05, 0.1) is 11.4 Å². The minimum atomic E-state index is -0.378. The molecule has 0 aromatic heterocycles. The van der Waals surface area contributed by atoms with Gasteiger partial charge in [0, 0.05) is 0 Å². The largest absolute Gasteiger partial charge is 0.465 e. The lowest BCUT2D eigenvalue weighted by atomic mass is 10.2. The number of carbonyl (C=O) groups is 2. The Morgan fingerprint density at radius 2 is 2.07 bits per heavy atom. The Morgan fingerprint density at radius 3 is 2.50 bits per heavy atom. The average Bonchev–Trinajstić information content (AvgIpc) is 2.95. The molecule has 4 heteroatoms. The Bertz CT molecular complexity index is 234. The molecule has 0 N–H and O–H groups in total. The number of hydrogen-bond acceptors (Lipinski definition) is 4. The number of rotatable bonds is 6. The smallest absolute Gasteiger partial charge is 0.313 e. The second-order valence-corrected chi connectivity index (χ2v) is 4.71. The van der Waals surface area contributed by atoms with E-state index in [2.05, 4.69) is 0 Å². The van der Waals surface area contributed by atoms with Crippen LogP contribution < -0.4 is 0 Å². The van der Waals surface area contributed by atoms with E-state index in [0.29, 0.717) is 6.61 Å². The van der Waals surface area contributed by atoms with Crippen molar-refractivity contribution in [1.29, 1.82) is 0 Å². The molecule has 80 valence electrons. The lowest BCUT2D eigenvalue weighted by molar-refractivity contribution is -0.146. The number of carbonyl (C=O) groups excluding carboxylic acids is 2. The molecule has 0 amide bonds. The molecule has 0 atom stereocenters. The Morgan fingerprint density at radius 1 is 1.43 bits per heavy atom. The summed E-state index contributed by atoms with van der Waals surface area (Å²) in [5, 5.41) is 0. The monoisotopic (exact) mass is 216 g/mol. The van der Waals surface area contributed by atoms with E-state index in [4.69, 9.17) is 4.74 Å². The maximum Gasteiger partial charge on any atom is 0.313 e.